The molecule has 0 saturated carbocycles. The number of aromatic nitrogens is 10. The lowest BCUT2D eigenvalue weighted by molar-refractivity contribution is 0.227. The zero-order chi connectivity index (χ0) is 64.8. The van der Waals surface area contributed by atoms with E-state index in [0.717, 1.165) is 112 Å². The number of fused-ring (bicyclic) bond motifs is 4. The van der Waals surface area contributed by atoms with Crippen LogP contribution in [-0.2, 0) is 70.0 Å². The van der Waals surface area contributed by atoms with Gasteiger partial charge in [0.1, 0.15) is 34.2 Å². The van der Waals surface area contributed by atoms with Gasteiger partial charge in [-0.2, -0.15) is 0 Å². The number of benzene rings is 8. The third-order valence-electron chi connectivity index (χ3n) is 17.6. The Balaban J connectivity index is 0.805. The van der Waals surface area contributed by atoms with E-state index in [0.29, 0.717) is 76.8 Å². The van der Waals surface area contributed by atoms with Crippen LogP contribution in [0.4, 0.5) is 0 Å². The summed E-state index contributed by atoms with van der Waals surface area (Å²) in [5.41, 5.74) is 17.6. The van der Waals surface area contributed by atoms with Crippen molar-refractivity contribution in [2.75, 3.05) is 0 Å². The van der Waals surface area contributed by atoms with Gasteiger partial charge in [0, 0.05) is 39.3 Å². The minimum Gasteiger partial charge on any atom is -0.336 e. The quantitative estimate of drug-likeness (QED) is 0.0521. The van der Waals surface area contributed by atoms with Gasteiger partial charge in [-0.3, -0.25) is 14.4 Å². The monoisotopic (exact) mass is 1260 g/mol. The fourth-order valence-corrected chi connectivity index (χ4v) is 14.0. The van der Waals surface area contributed by atoms with Crippen molar-refractivity contribution in [3.8, 4) is 0 Å². The first-order valence-corrected chi connectivity index (χ1v) is 33.5. The summed E-state index contributed by atoms with van der Waals surface area (Å²) < 4.78 is 24.5. The van der Waals surface area contributed by atoms with Gasteiger partial charge in [0.05, 0.1) is 81.7 Å². The highest BCUT2D eigenvalue weighted by Gasteiger charge is 2.30. The molecule has 14 nitrogen and oxygen atoms in total. The van der Waals surface area contributed by atoms with Crippen LogP contribution in [0.15, 0.2) is 257 Å². The number of rotatable bonds is 26. The molecule has 0 radical (unpaired) electrons. The van der Waals surface area contributed by atoms with E-state index in [2.05, 4.69) is 200 Å². The van der Waals surface area contributed by atoms with Crippen molar-refractivity contribution in [1.82, 2.24) is 58.0 Å². The van der Waals surface area contributed by atoms with Gasteiger partial charge in [0.25, 0.3) is 7.37 Å². The van der Waals surface area contributed by atoms with Crippen molar-refractivity contribution < 1.29 is 9.46 Å². The Morgan fingerprint density at radius 3 is 0.821 bits per heavy atom. The van der Waals surface area contributed by atoms with E-state index in [1.54, 1.807) is 12.1 Å². The molecular weight excluding hydrogens is 1190 g/mol. The molecule has 0 atom stereocenters. The van der Waals surface area contributed by atoms with Crippen LogP contribution in [0.1, 0.15) is 79.2 Å². The minimum absolute atomic E-state index is 0.0338. The second kappa shape index (κ2) is 27.3. The predicted molar refractivity (Wildman–Crippen MR) is 385 cm³/mol. The Morgan fingerprint density at radius 2 is 0.568 bits per heavy atom. The molecule has 15 heteroatoms. The maximum atomic E-state index is 15.4. The molecule has 0 aliphatic heterocycles. The van der Waals surface area contributed by atoms with Gasteiger partial charge >= 0.3 is 0 Å². The average molecular weight is 1260 g/mol. The second-order valence-corrected chi connectivity index (χ2v) is 26.1. The molecule has 8 aromatic carbocycles. The summed E-state index contributed by atoms with van der Waals surface area (Å²) in [6.45, 7) is 20.4. The van der Waals surface area contributed by atoms with Crippen molar-refractivity contribution in [2.24, 2.45) is 0 Å². The standard InChI is InChI=1S/C80H71N12O2P/c1-5-57-31-39-61(40-32-57)47-89-71-25-13-9-21-67(71)83-75(89)53-87(54-76-84-68-22-10-14-26-72(68)90(76)48-62-41-33-58(6-2)34-42-62)51-65-19-17-29-79(81-65)95(93,94)80-30-18-20-66(82-80)52-88(55-77-85-69-23-11-15-27-73(69)91(77)49-63-43-35-59(7-3)36-44-63)56-78-86-70-24-12-16-28-74(70)92(78)50-64-45-37-60(8-4)38-46-64/h5-46H,1-4,47-56H2,(H,93,94). The number of nitrogens with zero attached hydrogens (tertiary/aromatic N) is 12. The number of pyridine rings is 2. The van der Waals surface area contributed by atoms with Crippen molar-refractivity contribution in [1.29, 1.82) is 0 Å². The van der Waals surface area contributed by atoms with Crippen LogP contribution in [-0.4, -0.2) is 62.9 Å². The normalized spacial score (nSPS) is 11.8. The maximum absolute atomic E-state index is 15.4. The van der Waals surface area contributed by atoms with Crippen LogP contribution in [0.2, 0.25) is 0 Å². The van der Waals surface area contributed by atoms with E-state index in [-0.39, 0.29) is 10.9 Å². The van der Waals surface area contributed by atoms with E-state index < -0.39 is 7.37 Å². The van der Waals surface area contributed by atoms with Crippen LogP contribution >= 0.6 is 7.37 Å². The van der Waals surface area contributed by atoms with Crippen LogP contribution in [0.25, 0.3) is 68.4 Å². The van der Waals surface area contributed by atoms with Crippen LogP contribution < -0.4 is 10.9 Å². The molecule has 6 aromatic heterocycles. The zero-order valence-electron chi connectivity index (χ0n) is 52.8. The summed E-state index contributed by atoms with van der Waals surface area (Å²) in [7, 11) is -4.44. The Bertz CT molecular complexity index is 4590. The van der Waals surface area contributed by atoms with Crippen LogP contribution in [0, 0.1) is 0 Å². The number of imidazole rings is 4. The van der Waals surface area contributed by atoms with E-state index in [4.69, 9.17) is 29.9 Å². The second-order valence-electron chi connectivity index (χ2n) is 24.0. The Morgan fingerprint density at radius 1 is 0.316 bits per heavy atom. The first-order valence-electron chi connectivity index (χ1n) is 31.9. The molecule has 0 unspecified atom stereocenters. The number of para-hydroxylation sites is 8. The van der Waals surface area contributed by atoms with Gasteiger partial charge in [-0.05, 0) is 117 Å². The topological polar surface area (TPSA) is 141 Å². The van der Waals surface area contributed by atoms with Gasteiger partial charge in [-0.25, -0.2) is 29.9 Å². The molecular formula is C80H71N12O2P. The summed E-state index contributed by atoms with van der Waals surface area (Å²) in [5, 5.41) is 0. The largest absolute Gasteiger partial charge is 0.336 e. The first-order chi connectivity index (χ1) is 46.5. The van der Waals surface area contributed by atoms with Crippen molar-refractivity contribution in [3.05, 3.63) is 336 Å². The summed E-state index contributed by atoms with van der Waals surface area (Å²) in [5.74, 6) is 3.42. The fourth-order valence-electron chi connectivity index (χ4n) is 12.6. The molecule has 0 bridgehead atoms. The van der Waals surface area contributed by atoms with Crippen LogP contribution in [0.5, 0.6) is 0 Å². The van der Waals surface area contributed by atoms with Gasteiger partial charge < -0.3 is 23.2 Å². The lowest BCUT2D eigenvalue weighted by Crippen LogP contribution is -2.29. The van der Waals surface area contributed by atoms with Crippen molar-refractivity contribution >= 4 is 86.7 Å². The van der Waals surface area contributed by atoms with E-state index in [1.165, 1.54) is 0 Å². The first kappa shape index (κ1) is 61.5. The summed E-state index contributed by atoms with van der Waals surface area (Å²) in [6, 6.07) is 77.4. The third kappa shape index (κ3) is 13.5. The minimum atomic E-state index is -4.44. The molecule has 95 heavy (non-hydrogen) atoms. The van der Waals surface area contributed by atoms with Crippen LogP contribution in [0.3, 0.4) is 0 Å². The molecule has 0 aliphatic carbocycles. The molecule has 468 valence electrons. The molecule has 0 fully saturated rings. The highest BCUT2D eigenvalue weighted by Crippen LogP contribution is 2.37. The Hall–Kier alpha value is -11.0. The number of hydrogen-bond donors (Lipinski definition) is 1. The smallest absolute Gasteiger partial charge is 0.294 e. The van der Waals surface area contributed by atoms with Gasteiger partial charge in [0.15, 0.2) is 0 Å². The van der Waals surface area contributed by atoms with Gasteiger partial charge in [-0.1, -0.05) is 208 Å². The van der Waals surface area contributed by atoms with E-state index in [1.807, 2.05) is 97.1 Å². The molecule has 14 rings (SSSR count). The average Bonchev–Trinajstić information content (AvgIpc) is 1.63. The zero-order valence-corrected chi connectivity index (χ0v) is 53.7. The highest BCUT2D eigenvalue weighted by atomic mass is 31.2. The summed E-state index contributed by atoms with van der Waals surface area (Å²) in [6.07, 6.45) is 7.41. The summed E-state index contributed by atoms with van der Waals surface area (Å²) in [4.78, 5) is 48.5. The maximum Gasteiger partial charge on any atom is 0.294 e. The number of hydrogen-bond acceptors (Lipinski definition) is 9. The fraction of sp³-hybridized carbons (Fsp3) is 0.125. The molecule has 6 heterocycles. The third-order valence-corrected chi connectivity index (χ3v) is 19.3. The van der Waals surface area contributed by atoms with E-state index >= 15 is 4.57 Å². The summed E-state index contributed by atoms with van der Waals surface area (Å²) >= 11 is 0. The molecule has 0 aliphatic rings. The SMILES string of the molecule is C=Cc1ccc(Cn2c(CN(Cc3cccc(P(=O)(O)c4cccc(CN(Cc5nc6ccccc6n5Cc5ccc(C=C)cc5)Cc5nc6ccccc6n5Cc5ccc(C=C)cc5)n4)n3)Cc3nc4ccccc4n3Cc3ccc(C=C)cc3)nc3ccccc32)cc1. The van der Waals surface area contributed by atoms with Gasteiger partial charge in [0.2, 0.25) is 0 Å². The van der Waals surface area contributed by atoms with Gasteiger partial charge in [-0.15, -0.1) is 0 Å². The molecule has 14 aromatic rings. The predicted octanol–water partition coefficient (Wildman–Crippen LogP) is 15.3. The van der Waals surface area contributed by atoms with E-state index in [9.17, 15) is 4.89 Å². The highest BCUT2D eigenvalue weighted by molar-refractivity contribution is 7.73. The van der Waals surface area contributed by atoms with Crippen molar-refractivity contribution in [3.63, 3.8) is 0 Å². The lowest BCUT2D eigenvalue weighted by Gasteiger charge is -2.24. The molecule has 0 spiro atoms. The molecule has 1 N–H and O–H groups in total. The van der Waals surface area contributed by atoms with Crippen molar-refractivity contribution in [2.45, 2.75) is 65.4 Å². The Kier molecular flexibility index (Phi) is 17.7. The molecule has 0 saturated heterocycles. The molecule has 0 amide bonds. The lowest BCUT2D eigenvalue weighted by atomic mass is 10.1. The Labute approximate surface area is 552 Å².